The molecule has 3 nitrogen and oxygen atoms in total. The van der Waals surface area contributed by atoms with Crippen molar-refractivity contribution in [3.63, 3.8) is 0 Å². The van der Waals surface area contributed by atoms with Crippen LogP contribution in [0.2, 0.25) is 10.0 Å². The van der Waals surface area contributed by atoms with Gasteiger partial charge in [-0.1, -0.05) is 29.3 Å². The molecular weight excluding hydrogens is 281 g/mol. The summed E-state index contributed by atoms with van der Waals surface area (Å²) in [5.74, 6) is 1.00. The predicted molar refractivity (Wildman–Crippen MR) is 82.2 cm³/mol. The van der Waals surface area contributed by atoms with Crippen molar-refractivity contribution in [3.05, 3.63) is 33.8 Å². The van der Waals surface area contributed by atoms with E-state index < -0.39 is 0 Å². The van der Waals surface area contributed by atoms with Gasteiger partial charge < -0.3 is 10.6 Å². The number of nitrogens with two attached hydrogens (primary N) is 1. The second kappa shape index (κ2) is 6.02. The fraction of sp³-hybridized carbons (Fsp3) is 0.500. The summed E-state index contributed by atoms with van der Waals surface area (Å²) in [6.07, 6.45) is 1.00. The monoisotopic (exact) mass is 299 g/mol. The Morgan fingerprint density at radius 1 is 1.37 bits per heavy atom. The lowest BCUT2D eigenvalue weighted by molar-refractivity contribution is 0.458. The van der Waals surface area contributed by atoms with Crippen molar-refractivity contribution in [1.82, 2.24) is 4.90 Å². The van der Waals surface area contributed by atoms with Crippen LogP contribution in [0.5, 0.6) is 0 Å². The zero-order valence-electron chi connectivity index (χ0n) is 11.2. The number of hydrogen-bond acceptors (Lipinski definition) is 1. The van der Waals surface area contributed by atoms with E-state index in [1.54, 1.807) is 6.07 Å². The van der Waals surface area contributed by atoms with Crippen molar-refractivity contribution in [2.45, 2.75) is 32.2 Å². The van der Waals surface area contributed by atoms with Crippen LogP contribution in [-0.4, -0.2) is 30.0 Å². The van der Waals surface area contributed by atoms with Crippen LogP contribution in [0.1, 0.15) is 31.7 Å². The minimum atomic E-state index is 0.249. The summed E-state index contributed by atoms with van der Waals surface area (Å²) < 4.78 is 0. The number of aliphatic imine (C=N–C) groups is 1. The molecule has 2 N–H and O–H groups in total. The number of rotatable bonds is 4. The van der Waals surface area contributed by atoms with E-state index in [1.807, 2.05) is 12.1 Å². The van der Waals surface area contributed by atoms with Gasteiger partial charge in [-0.2, -0.15) is 0 Å². The maximum atomic E-state index is 6.21. The van der Waals surface area contributed by atoms with Crippen molar-refractivity contribution in [2.24, 2.45) is 10.7 Å². The minimum Gasteiger partial charge on any atom is -0.370 e. The molecule has 5 heteroatoms. The van der Waals surface area contributed by atoms with Gasteiger partial charge in [0.2, 0.25) is 0 Å². The molecule has 0 bridgehead atoms. The fourth-order valence-corrected chi connectivity index (χ4v) is 2.81. The van der Waals surface area contributed by atoms with E-state index in [1.165, 1.54) is 0 Å². The summed E-state index contributed by atoms with van der Waals surface area (Å²) in [6, 6.07) is 5.89. The molecule has 2 rings (SSSR count). The standard InChI is InChI=1S/C14H19Cl2N3/c1-3-19(4-2)14(17)18-13-8-11(13)10-6-5-9(15)7-12(10)16/h5-7,11,13H,3-4,8H2,1-2H3,(H2,17,18)/t11-,13+/m0/s1. The molecule has 0 aromatic heterocycles. The highest BCUT2D eigenvalue weighted by Crippen LogP contribution is 2.46. The maximum absolute atomic E-state index is 6.21. The Bertz CT molecular complexity index is 484. The first kappa shape index (κ1) is 14.5. The van der Waals surface area contributed by atoms with Gasteiger partial charge in [-0.3, -0.25) is 0 Å². The van der Waals surface area contributed by atoms with Crippen molar-refractivity contribution in [1.29, 1.82) is 0 Å². The highest BCUT2D eigenvalue weighted by atomic mass is 35.5. The first-order valence-electron chi connectivity index (χ1n) is 6.60. The summed E-state index contributed by atoms with van der Waals surface area (Å²) in [7, 11) is 0. The maximum Gasteiger partial charge on any atom is 0.191 e. The number of hydrogen-bond donors (Lipinski definition) is 1. The van der Waals surface area contributed by atoms with Crippen LogP contribution in [0.25, 0.3) is 0 Å². The van der Waals surface area contributed by atoms with Crippen molar-refractivity contribution in [2.75, 3.05) is 13.1 Å². The number of halogens is 2. The van der Waals surface area contributed by atoms with E-state index in [9.17, 15) is 0 Å². The highest BCUT2D eigenvalue weighted by molar-refractivity contribution is 6.35. The Kier molecular flexibility index (Phi) is 4.58. The van der Waals surface area contributed by atoms with Gasteiger partial charge in [0.1, 0.15) is 0 Å². The van der Waals surface area contributed by atoms with Crippen LogP contribution < -0.4 is 5.73 Å². The van der Waals surface area contributed by atoms with Crippen LogP contribution >= 0.6 is 23.2 Å². The molecule has 0 unspecified atom stereocenters. The van der Waals surface area contributed by atoms with E-state index in [2.05, 4.69) is 23.7 Å². The fourth-order valence-electron chi connectivity index (χ4n) is 2.26. The van der Waals surface area contributed by atoms with Gasteiger partial charge >= 0.3 is 0 Å². The van der Waals surface area contributed by atoms with Crippen LogP contribution in [-0.2, 0) is 0 Å². The molecule has 0 radical (unpaired) electrons. The summed E-state index contributed by atoms with van der Waals surface area (Å²) >= 11 is 12.1. The van der Waals surface area contributed by atoms with Crippen molar-refractivity contribution >= 4 is 29.2 Å². The molecule has 1 fully saturated rings. The molecular formula is C14H19Cl2N3. The predicted octanol–water partition coefficient (Wildman–Crippen LogP) is 3.51. The second-order valence-electron chi connectivity index (χ2n) is 4.73. The second-order valence-corrected chi connectivity index (χ2v) is 5.58. The van der Waals surface area contributed by atoms with E-state index in [4.69, 9.17) is 28.9 Å². The zero-order chi connectivity index (χ0) is 14.0. The van der Waals surface area contributed by atoms with Crippen molar-refractivity contribution in [3.8, 4) is 0 Å². The molecule has 0 saturated heterocycles. The molecule has 1 aromatic carbocycles. The first-order valence-corrected chi connectivity index (χ1v) is 7.35. The molecule has 19 heavy (non-hydrogen) atoms. The van der Waals surface area contributed by atoms with Gasteiger partial charge in [0.05, 0.1) is 6.04 Å². The average Bonchev–Trinajstić information content (AvgIpc) is 3.09. The van der Waals surface area contributed by atoms with Gasteiger partial charge in [-0.15, -0.1) is 0 Å². The van der Waals surface area contributed by atoms with E-state index in [0.29, 0.717) is 16.9 Å². The van der Waals surface area contributed by atoms with Gasteiger partial charge in [-0.05, 0) is 38.0 Å². The summed E-state index contributed by atoms with van der Waals surface area (Å²) in [4.78, 5) is 6.63. The van der Waals surface area contributed by atoms with Crippen LogP contribution in [0.3, 0.4) is 0 Å². The van der Waals surface area contributed by atoms with Gasteiger partial charge in [0.15, 0.2) is 5.96 Å². The lowest BCUT2D eigenvalue weighted by atomic mass is 10.1. The lowest BCUT2D eigenvalue weighted by Gasteiger charge is -2.19. The molecule has 0 aliphatic heterocycles. The van der Waals surface area contributed by atoms with Crippen LogP contribution in [0, 0.1) is 0 Å². The quantitative estimate of drug-likeness (QED) is 0.683. The van der Waals surface area contributed by atoms with Gasteiger partial charge in [-0.25, -0.2) is 4.99 Å². The molecule has 1 saturated carbocycles. The topological polar surface area (TPSA) is 41.6 Å². The third-order valence-corrected chi connectivity index (χ3v) is 4.07. The zero-order valence-corrected chi connectivity index (χ0v) is 12.7. The van der Waals surface area contributed by atoms with E-state index >= 15 is 0 Å². The largest absolute Gasteiger partial charge is 0.370 e. The normalized spacial score (nSPS) is 22.4. The lowest BCUT2D eigenvalue weighted by Crippen LogP contribution is -2.37. The summed E-state index contributed by atoms with van der Waals surface area (Å²) in [5, 5.41) is 1.38. The number of guanidine groups is 1. The Balaban J connectivity index is 2.06. The van der Waals surface area contributed by atoms with Crippen LogP contribution in [0.4, 0.5) is 0 Å². The van der Waals surface area contributed by atoms with Gasteiger partial charge in [0.25, 0.3) is 0 Å². The van der Waals surface area contributed by atoms with Crippen molar-refractivity contribution < 1.29 is 0 Å². The molecule has 1 aliphatic carbocycles. The molecule has 0 spiro atoms. The third kappa shape index (κ3) is 3.34. The average molecular weight is 300 g/mol. The molecule has 1 aliphatic rings. The minimum absolute atomic E-state index is 0.249. The Morgan fingerprint density at radius 3 is 2.63 bits per heavy atom. The summed E-state index contributed by atoms with van der Waals surface area (Å²) in [6.45, 7) is 5.91. The number of benzene rings is 1. The van der Waals surface area contributed by atoms with Crippen LogP contribution in [0.15, 0.2) is 23.2 Å². The van der Waals surface area contributed by atoms with E-state index in [-0.39, 0.29) is 6.04 Å². The Hall–Kier alpha value is -0.930. The Morgan fingerprint density at radius 2 is 2.05 bits per heavy atom. The Labute approximate surface area is 124 Å². The van der Waals surface area contributed by atoms with Gasteiger partial charge in [0, 0.05) is 29.1 Å². The molecule has 0 heterocycles. The molecule has 2 atom stereocenters. The SMILES string of the molecule is CCN(CC)C(N)=N[C@@H]1C[C@H]1c1ccc(Cl)cc1Cl. The smallest absolute Gasteiger partial charge is 0.191 e. The third-order valence-electron chi connectivity index (χ3n) is 3.50. The summed E-state index contributed by atoms with van der Waals surface area (Å²) in [5.41, 5.74) is 7.12. The molecule has 1 aromatic rings. The highest BCUT2D eigenvalue weighted by Gasteiger charge is 2.40. The molecule has 104 valence electrons. The number of nitrogens with zero attached hydrogens (tertiary/aromatic N) is 2. The first-order chi connectivity index (χ1) is 9.06. The van der Waals surface area contributed by atoms with E-state index in [0.717, 1.165) is 30.1 Å². The molecule has 0 amide bonds.